The van der Waals surface area contributed by atoms with Crippen LogP contribution < -0.4 is 10.6 Å². The minimum absolute atomic E-state index is 0.424. The molecular formula is C23H26N4O3. The summed E-state index contributed by atoms with van der Waals surface area (Å²) < 4.78 is 0. The van der Waals surface area contributed by atoms with Crippen molar-refractivity contribution in [2.75, 3.05) is 6.54 Å². The maximum absolute atomic E-state index is 11.5. The molecule has 3 aromatic rings. The third kappa shape index (κ3) is 6.37. The van der Waals surface area contributed by atoms with Crippen molar-refractivity contribution in [3.63, 3.8) is 0 Å². The van der Waals surface area contributed by atoms with Gasteiger partial charge in [0.25, 0.3) is 0 Å². The van der Waals surface area contributed by atoms with Crippen molar-refractivity contribution in [3.8, 4) is 0 Å². The average Bonchev–Trinajstić information content (AvgIpc) is 2.76. The average molecular weight is 406 g/mol. The van der Waals surface area contributed by atoms with Crippen LogP contribution in [0.25, 0.3) is 0 Å². The van der Waals surface area contributed by atoms with E-state index in [2.05, 4.69) is 20.6 Å². The Balaban J connectivity index is 1.79. The number of hydrogen-bond acceptors (Lipinski definition) is 5. The first-order valence-electron chi connectivity index (χ1n) is 9.89. The van der Waals surface area contributed by atoms with Crippen LogP contribution in [0, 0.1) is 0 Å². The molecular weight excluding hydrogens is 380 g/mol. The molecule has 3 rings (SSSR count). The van der Waals surface area contributed by atoms with Crippen LogP contribution in [0.15, 0.2) is 79.1 Å². The van der Waals surface area contributed by atoms with Crippen molar-refractivity contribution in [1.29, 1.82) is 0 Å². The standard InChI is InChI=1S/C23H26N4O3/c28-22(26-15-12-18-10-4-6-13-24-18)21(19-11-5-7-14-25-19)20(27-23(29)30)16-17-8-2-1-3-9-17/h1-11,13-14,20-22,26-28H,12,15-16H2,(H,29,30)/t20-,21-,22?/m0/s1. The number of carbonyl (C=O) groups is 1. The van der Waals surface area contributed by atoms with Crippen molar-refractivity contribution in [2.24, 2.45) is 0 Å². The molecule has 0 aliphatic rings. The molecule has 2 aromatic heterocycles. The van der Waals surface area contributed by atoms with Gasteiger partial charge in [0.2, 0.25) is 0 Å². The van der Waals surface area contributed by atoms with Crippen LogP contribution in [0.3, 0.4) is 0 Å². The fraction of sp³-hybridized carbons (Fsp3) is 0.261. The van der Waals surface area contributed by atoms with Gasteiger partial charge >= 0.3 is 6.09 Å². The minimum atomic E-state index is -1.14. The summed E-state index contributed by atoms with van der Waals surface area (Å²) in [6.45, 7) is 0.493. The van der Waals surface area contributed by atoms with Crippen LogP contribution in [0.2, 0.25) is 0 Å². The predicted molar refractivity (Wildman–Crippen MR) is 114 cm³/mol. The normalized spacial score (nSPS) is 13.9. The van der Waals surface area contributed by atoms with Crippen LogP contribution >= 0.6 is 0 Å². The lowest BCUT2D eigenvalue weighted by Crippen LogP contribution is -2.49. The summed E-state index contributed by atoms with van der Waals surface area (Å²) in [5, 5.41) is 26.1. The van der Waals surface area contributed by atoms with E-state index in [0.29, 0.717) is 25.1 Å². The monoisotopic (exact) mass is 406 g/mol. The van der Waals surface area contributed by atoms with Crippen molar-refractivity contribution >= 4 is 6.09 Å². The molecule has 0 aliphatic carbocycles. The molecule has 0 radical (unpaired) electrons. The van der Waals surface area contributed by atoms with Gasteiger partial charge in [-0.25, -0.2) is 4.79 Å². The second-order valence-corrected chi connectivity index (χ2v) is 7.00. The SMILES string of the molecule is O=C(O)N[C@@H](Cc1ccccc1)[C@H](c1ccccn1)C(O)NCCc1ccccn1. The summed E-state index contributed by atoms with van der Waals surface area (Å²) in [5.41, 5.74) is 2.50. The third-order valence-electron chi connectivity index (χ3n) is 4.87. The Kier molecular flexibility index (Phi) is 7.88. The second kappa shape index (κ2) is 11.0. The summed E-state index contributed by atoms with van der Waals surface area (Å²) in [6, 6.07) is 20.1. The lowest BCUT2D eigenvalue weighted by molar-refractivity contribution is 0.0882. The molecule has 30 heavy (non-hydrogen) atoms. The van der Waals surface area contributed by atoms with Gasteiger partial charge in [0.1, 0.15) is 6.23 Å². The molecule has 1 amide bonds. The molecule has 1 unspecified atom stereocenters. The van der Waals surface area contributed by atoms with Crippen LogP contribution in [0.5, 0.6) is 0 Å². The molecule has 0 bridgehead atoms. The number of aliphatic hydroxyl groups excluding tert-OH is 1. The Labute approximate surface area is 175 Å². The first-order valence-corrected chi connectivity index (χ1v) is 9.89. The highest BCUT2D eigenvalue weighted by Gasteiger charge is 2.32. The van der Waals surface area contributed by atoms with E-state index in [1.54, 1.807) is 24.5 Å². The van der Waals surface area contributed by atoms with Crippen molar-refractivity contribution < 1.29 is 15.0 Å². The molecule has 1 aromatic carbocycles. The number of benzene rings is 1. The highest BCUT2D eigenvalue weighted by molar-refractivity contribution is 5.65. The number of hydrogen-bond donors (Lipinski definition) is 4. The van der Waals surface area contributed by atoms with Gasteiger partial charge in [0.15, 0.2) is 0 Å². The van der Waals surface area contributed by atoms with E-state index in [1.165, 1.54) is 0 Å². The zero-order chi connectivity index (χ0) is 21.2. The number of nitrogens with zero attached hydrogens (tertiary/aromatic N) is 2. The van der Waals surface area contributed by atoms with Gasteiger partial charge < -0.3 is 15.5 Å². The molecule has 0 saturated carbocycles. The number of rotatable bonds is 10. The molecule has 7 nitrogen and oxygen atoms in total. The summed E-state index contributed by atoms with van der Waals surface area (Å²) in [5.74, 6) is -0.578. The number of pyridine rings is 2. The van der Waals surface area contributed by atoms with Gasteiger partial charge in [-0.3, -0.25) is 15.3 Å². The molecule has 156 valence electrons. The second-order valence-electron chi connectivity index (χ2n) is 7.00. The molecule has 2 heterocycles. The summed E-state index contributed by atoms with van der Waals surface area (Å²) in [6.07, 6.45) is 2.30. The largest absolute Gasteiger partial charge is 0.465 e. The van der Waals surface area contributed by atoms with Gasteiger partial charge in [0.05, 0.1) is 5.92 Å². The number of nitrogens with one attached hydrogen (secondary N) is 2. The molecule has 3 atom stereocenters. The van der Waals surface area contributed by atoms with Gasteiger partial charge in [-0.1, -0.05) is 42.5 Å². The fourth-order valence-electron chi connectivity index (χ4n) is 3.48. The maximum Gasteiger partial charge on any atom is 0.404 e. The van der Waals surface area contributed by atoms with E-state index in [9.17, 15) is 15.0 Å². The fourth-order valence-corrected chi connectivity index (χ4v) is 3.48. The highest BCUT2D eigenvalue weighted by atomic mass is 16.4. The van der Waals surface area contributed by atoms with Crippen molar-refractivity contribution in [3.05, 3.63) is 96.1 Å². The number of amides is 1. The van der Waals surface area contributed by atoms with E-state index >= 15 is 0 Å². The number of aromatic nitrogens is 2. The molecule has 0 spiro atoms. The number of aliphatic hydroxyl groups is 1. The molecule has 0 saturated heterocycles. The van der Waals surface area contributed by atoms with Crippen LogP contribution in [-0.2, 0) is 12.8 Å². The van der Waals surface area contributed by atoms with Gasteiger partial charge in [0, 0.05) is 42.8 Å². The Morgan fingerprint density at radius 3 is 2.27 bits per heavy atom. The summed E-state index contributed by atoms with van der Waals surface area (Å²) in [7, 11) is 0. The van der Waals surface area contributed by atoms with Crippen molar-refractivity contribution in [2.45, 2.75) is 31.0 Å². The van der Waals surface area contributed by atoms with Gasteiger partial charge in [-0.2, -0.15) is 0 Å². The zero-order valence-corrected chi connectivity index (χ0v) is 16.6. The highest BCUT2D eigenvalue weighted by Crippen LogP contribution is 2.24. The smallest absolute Gasteiger partial charge is 0.404 e. The first-order chi connectivity index (χ1) is 14.6. The zero-order valence-electron chi connectivity index (χ0n) is 16.6. The topological polar surface area (TPSA) is 107 Å². The molecule has 0 aliphatic heterocycles. The quantitative estimate of drug-likeness (QED) is 0.386. The van der Waals surface area contributed by atoms with Crippen molar-refractivity contribution in [1.82, 2.24) is 20.6 Å². The van der Waals surface area contributed by atoms with E-state index in [1.807, 2.05) is 54.6 Å². The predicted octanol–water partition coefficient (Wildman–Crippen LogP) is 2.59. The molecule has 7 heteroatoms. The lowest BCUT2D eigenvalue weighted by atomic mass is 9.88. The van der Waals surface area contributed by atoms with Gasteiger partial charge in [-0.15, -0.1) is 0 Å². The summed E-state index contributed by atoms with van der Waals surface area (Å²) >= 11 is 0. The Morgan fingerprint density at radius 1 is 0.933 bits per heavy atom. The van der Waals surface area contributed by atoms with Crippen LogP contribution in [0.1, 0.15) is 22.9 Å². The first kappa shape index (κ1) is 21.4. The van der Waals surface area contributed by atoms with E-state index in [-0.39, 0.29) is 0 Å². The molecule has 4 N–H and O–H groups in total. The van der Waals surface area contributed by atoms with Crippen LogP contribution in [0.4, 0.5) is 4.79 Å². The summed E-state index contributed by atoms with van der Waals surface area (Å²) in [4.78, 5) is 20.2. The third-order valence-corrected chi connectivity index (χ3v) is 4.87. The van der Waals surface area contributed by atoms with Crippen LogP contribution in [-0.4, -0.2) is 45.1 Å². The minimum Gasteiger partial charge on any atom is -0.465 e. The van der Waals surface area contributed by atoms with E-state index < -0.39 is 24.3 Å². The lowest BCUT2D eigenvalue weighted by Gasteiger charge is -2.31. The Bertz CT molecular complexity index is 894. The van der Waals surface area contributed by atoms with Gasteiger partial charge in [-0.05, 0) is 36.2 Å². The van der Waals surface area contributed by atoms with E-state index in [0.717, 1.165) is 11.3 Å². The Hall–Kier alpha value is -3.29. The number of carboxylic acid groups (broad SMARTS) is 1. The maximum atomic E-state index is 11.5. The van der Waals surface area contributed by atoms with E-state index in [4.69, 9.17) is 0 Å². The Morgan fingerprint density at radius 2 is 1.63 bits per heavy atom. The molecule has 0 fully saturated rings.